The van der Waals surface area contributed by atoms with Crippen LogP contribution < -0.4 is 4.74 Å². The summed E-state index contributed by atoms with van der Waals surface area (Å²) < 4.78 is 5.73. The van der Waals surface area contributed by atoms with Gasteiger partial charge >= 0.3 is 0 Å². The van der Waals surface area contributed by atoms with Gasteiger partial charge in [-0.3, -0.25) is 0 Å². The molecule has 4 rings (SSSR count). The molecular formula is C26H38O. The molecule has 0 heterocycles. The van der Waals surface area contributed by atoms with E-state index in [1.54, 1.807) is 12.0 Å². The third-order valence-corrected chi connectivity index (χ3v) is 7.94. The smallest absolute Gasteiger partial charge is 0.120 e. The van der Waals surface area contributed by atoms with E-state index in [-0.39, 0.29) is 0 Å². The summed E-state index contributed by atoms with van der Waals surface area (Å²) in [4.78, 5) is 0. The second-order valence-electron chi connectivity index (χ2n) is 9.59. The molecule has 0 spiro atoms. The molecule has 0 aliphatic heterocycles. The van der Waals surface area contributed by atoms with E-state index < -0.39 is 0 Å². The second-order valence-corrected chi connectivity index (χ2v) is 9.59. The summed E-state index contributed by atoms with van der Waals surface area (Å²) in [6.07, 6.45) is 17.8. The molecule has 148 valence electrons. The maximum Gasteiger partial charge on any atom is 0.120 e. The Kier molecular flexibility index (Phi) is 6.25. The van der Waals surface area contributed by atoms with Gasteiger partial charge in [-0.05, 0) is 104 Å². The van der Waals surface area contributed by atoms with Crippen molar-refractivity contribution in [3.8, 4) is 5.75 Å². The molecule has 2 saturated carbocycles. The van der Waals surface area contributed by atoms with Crippen LogP contribution in [0.1, 0.15) is 75.8 Å². The first-order valence-corrected chi connectivity index (χ1v) is 11.6. The first-order valence-electron chi connectivity index (χ1n) is 11.6. The van der Waals surface area contributed by atoms with E-state index in [1.807, 2.05) is 6.08 Å². The van der Waals surface area contributed by atoms with Gasteiger partial charge in [0, 0.05) is 0 Å². The highest BCUT2D eigenvalue weighted by atomic mass is 16.5. The third kappa shape index (κ3) is 4.44. The number of rotatable bonds is 6. The molecule has 0 aromatic heterocycles. The summed E-state index contributed by atoms with van der Waals surface area (Å²) >= 11 is 0. The van der Waals surface area contributed by atoms with Crippen LogP contribution in [-0.2, 0) is 12.8 Å². The van der Waals surface area contributed by atoms with E-state index in [0.29, 0.717) is 6.61 Å². The lowest BCUT2D eigenvalue weighted by atomic mass is 9.61. The van der Waals surface area contributed by atoms with Crippen LogP contribution in [0.25, 0.3) is 0 Å². The molecule has 0 bridgehead atoms. The monoisotopic (exact) mass is 366 g/mol. The van der Waals surface area contributed by atoms with Gasteiger partial charge in [0.1, 0.15) is 12.4 Å². The molecule has 27 heavy (non-hydrogen) atoms. The maximum absolute atomic E-state index is 5.73. The lowest BCUT2D eigenvalue weighted by molar-refractivity contribution is 0.0695. The lowest BCUT2D eigenvalue weighted by Crippen LogP contribution is -2.35. The molecule has 0 N–H and O–H groups in total. The Morgan fingerprint density at radius 1 is 0.963 bits per heavy atom. The number of fused-ring (bicyclic) bond motifs is 2. The van der Waals surface area contributed by atoms with E-state index in [9.17, 15) is 0 Å². The molecule has 3 aliphatic rings. The van der Waals surface area contributed by atoms with E-state index in [0.717, 1.165) is 35.3 Å². The second kappa shape index (κ2) is 8.84. The van der Waals surface area contributed by atoms with Gasteiger partial charge in [0.05, 0.1) is 0 Å². The van der Waals surface area contributed by atoms with Crippen molar-refractivity contribution in [2.24, 2.45) is 29.6 Å². The fourth-order valence-corrected chi connectivity index (χ4v) is 6.53. The average Bonchev–Trinajstić information content (AvgIpc) is 2.71. The average molecular weight is 367 g/mol. The molecule has 5 unspecified atom stereocenters. The van der Waals surface area contributed by atoms with E-state index in [4.69, 9.17) is 4.74 Å². The zero-order valence-corrected chi connectivity index (χ0v) is 17.3. The van der Waals surface area contributed by atoms with Crippen LogP contribution >= 0.6 is 0 Å². The van der Waals surface area contributed by atoms with E-state index in [1.165, 1.54) is 69.8 Å². The summed E-state index contributed by atoms with van der Waals surface area (Å²) in [6, 6.07) is 6.78. The predicted octanol–water partition coefficient (Wildman–Crippen LogP) is 6.99. The molecule has 1 aromatic rings. The fraction of sp³-hybridized carbons (Fsp3) is 0.692. The molecule has 1 aromatic carbocycles. The Bertz CT molecular complexity index is 633. The molecule has 0 radical (unpaired) electrons. The summed E-state index contributed by atoms with van der Waals surface area (Å²) in [5.41, 5.74) is 3.12. The zero-order valence-electron chi connectivity index (χ0n) is 17.3. The number of ether oxygens (including phenoxy) is 1. The van der Waals surface area contributed by atoms with Crippen LogP contribution in [-0.4, -0.2) is 6.61 Å². The van der Waals surface area contributed by atoms with Crippen LogP contribution in [0, 0.1) is 29.6 Å². The highest BCUT2D eigenvalue weighted by molar-refractivity contribution is 5.37. The highest BCUT2D eigenvalue weighted by Crippen LogP contribution is 2.49. The van der Waals surface area contributed by atoms with Crippen molar-refractivity contribution in [3.05, 3.63) is 42.0 Å². The number of hydrogen-bond acceptors (Lipinski definition) is 1. The molecule has 1 nitrogen and oxygen atoms in total. The topological polar surface area (TPSA) is 9.23 Å². The van der Waals surface area contributed by atoms with E-state index in [2.05, 4.69) is 31.7 Å². The minimum Gasteiger partial charge on any atom is -0.490 e. The largest absolute Gasteiger partial charge is 0.490 e. The predicted molar refractivity (Wildman–Crippen MR) is 114 cm³/mol. The van der Waals surface area contributed by atoms with Crippen molar-refractivity contribution in [2.45, 2.75) is 77.6 Å². The molecule has 3 aliphatic carbocycles. The summed E-state index contributed by atoms with van der Waals surface area (Å²) in [5, 5.41) is 0. The molecule has 1 heteroatoms. The van der Waals surface area contributed by atoms with Gasteiger partial charge < -0.3 is 4.74 Å². The van der Waals surface area contributed by atoms with Crippen molar-refractivity contribution in [3.63, 3.8) is 0 Å². The normalized spacial score (nSPS) is 33.0. The molecule has 0 amide bonds. The van der Waals surface area contributed by atoms with Crippen molar-refractivity contribution in [2.75, 3.05) is 6.61 Å². The quantitative estimate of drug-likeness (QED) is 0.493. The molecule has 2 fully saturated rings. The van der Waals surface area contributed by atoms with Crippen LogP contribution in [0.3, 0.4) is 0 Å². The van der Waals surface area contributed by atoms with E-state index >= 15 is 0 Å². The van der Waals surface area contributed by atoms with Gasteiger partial charge in [-0.2, -0.15) is 0 Å². The Hall–Kier alpha value is -1.24. The van der Waals surface area contributed by atoms with Crippen molar-refractivity contribution < 1.29 is 4.74 Å². The Morgan fingerprint density at radius 3 is 2.56 bits per heavy atom. The lowest BCUT2D eigenvalue weighted by Gasteiger charge is -2.45. The standard InChI is InChI=1S/C26H38O/c1-3-5-19-6-7-21-16-22(9-8-20(21)15-19)23-10-11-25-18-26(27-14-4-2)13-12-24(25)17-23/h4,12-13,18-23H,2-3,5-11,14-17H2,1H3. The number of aryl methyl sites for hydroxylation is 1. The van der Waals surface area contributed by atoms with Crippen molar-refractivity contribution in [1.29, 1.82) is 0 Å². The number of hydrogen-bond donors (Lipinski definition) is 0. The van der Waals surface area contributed by atoms with Crippen LogP contribution in [0.4, 0.5) is 0 Å². The van der Waals surface area contributed by atoms with Gasteiger partial charge in [0.15, 0.2) is 0 Å². The minimum absolute atomic E-state index is 0.602. The summed E-state index contributed by atoms with van der Waals surface area (Å²) in [5.74, 6) is 6.08. The molecule has 5 atom stereocenters. The Morgan fingerprint density at radius 2 is 1.74 bits per heavy atom. The van der Waals surface area contributed by atoms with Gasteiger partial charge in [-0.1, -0.05) is 44.9 Å². The zero-order chi connectivity index (χ0) is 18.6. The van der Waals surface area contributed by atoms with Gasteiger partial charge in [-0.15, -0.1) is 0 Å². The van der Waals surface area contributed by atoms with Crippen LogP contribution in [0.15, 0.2) is 30.9 Å². The van der Waals surface area contributed by atoms with Gasteiger partial charge in [0.2, 0.25) is 0 Å². The first-order chi connectivity index (χ1) is 13.3. The van der Waals surface area contributed by atoms with Crippen LogP contribution in [0.2, 0.25) is 0 Å². The van der Waals surface area contributed by atoms with Gasteiger partial charge in [0.25, 0.3) is 0 Å². The van der Waals surface area contributed by atoms with Crippen molar-refractivity contribution >= 4 is 0 Å². The van der Waals surface area contributed by atoms with Gasteiger partial charge in [-0.25, -0.2) is 0 Å². The highest BCUT2D eigenvalue weighted by Gasteiger charge is 2.38. The van der Waals surface area contributed by atoms with Crippen LogP contribution in [0.5, 0.6) is 5.75 Å². The Labute approximate surface area is 166 Å². The summed E-state index contributed by atoms with van der Waals surface area (Å²) in [6.45, 7) is 6.70. The third-order valence-electron chi connectivity index (χ3n) is 7.94. The van der Waals surface area contributed by atoms with Crippen molar-refractivity contribution in [1.82, 2.24) is 0 Å². The Balaban J connectivity index is 1.34. The minimum atomic E-state index is 0.602. The SMILES string of the molecule is C=CCOc1ccc2c(c1)CCC(C1CCC3CC(CCC)CCC3C1)C2. The molecule has 0 saturated heterocycles. The number of benzene rings is 1. The first kappa shape index (κ1) is 19.1. The fourth-order valence-electron chi connectivity index (χ4n) is 6.53. The summed E-state index contributed by atoms with van der Waals surface area (Å²) in [7, 11) is 0. The maximum atomic E-state index is 5.73. The molecular weight excluding hydrogens is 328 g/mol.